The number of piperidine rings is 1. The lowest BCUT2D eigenvalue weighted by Gasteiger charge is -2.43. The van der Waals surface area contributed by atoms with Crippen LogP contribution in [0.1, 0.15) is 24.0 Å². The minimum Gasteiger partial charge on any atom is -0.486 e. The van der Waals surface area contributed by atoms with Crippen LogP contribution in [0.25, 0.3) is 0 Å². The molecule has 0 N–H and O–H groups in total. The molecule has 142 valence electrons. The van der Waals surface area contributed by atoms with E-state index in [0.29, 0.717) is 19.6 Å². The molecule has 0 aromatic heterocycles. The van der Waals surface area contributed by atoms with Gasteiger partial charge in [-0.15, -0.1) is 0 Å². The summed E-state index contributed by atoms with van der Waals surface area (Å²) < 4.78 is 6.11. The molecule has 0 spiro atoms. The Morgan fingerprint density at radius 3 is 2.35 bits per heavy atom. The van der Waals surface area contributed by atoms with E-state index in [4.69, 9.17) is 4.74 Å². The van der Waals surface area contributed by atoms with Crippen LogP contribution in [0.3, 0.4) is 0 Å². The second-order valence-corrected chi connectivity index (χ2v) is 7.67. The van der Waals surface area contributed by atoms with E-state index < -0.39 is 0 Å². The molecular weight excluding hydrogens is 330 g/mol. The van der Waals surface area contributed by atoms with Crippen molar-refractivity contribution < 1.29 is 14.3 Å². The van der Waals surface area contributed by atoms with E-state index in [9.17, 15) is 9.59 Å². The first-order valence-corrected chi connectivity index (χ1v) is 9.34. The SMILES string of the molecule is Cc1cccc(C)c1OC1CN(C(=O)[C@@H]2CCCN(C(=O)N(C)C)C2)C1. The Labute approximate surface area is 155 Å². The van der Waals surface area contributed by atoms with E-state index in [-0.39, 0.29) is 24.0 Å². The zero-order valence-corrected chi connectivity index (χ0v) is 16.2. The predicted octanol–water partition coefficient (Wildman–Crippen LogP) is 2.29. The van der Waals surface area contributed by atoms with Crippen LogP contribution in [0.15, 0.2) is 18.2 Å². The number of ether oxygens (including phenoxy) is 1. The van der Waals surface area contributed by atoms with Gasteiger partial charge in [0.2, 0.25) is 5.91 Å². The molecule has 2 aliphatic rings. The summed E-state index contributed by atoms with van der Waals surface area (Å²) in [6.07, 6.45) is 1.79. The Morgan fingerprint density at radius 1 is 1.08 bits per heavy atom. The van der Waals surface area contributed by atoms with Crippen LogP contribution in [0.4, 0.5) is 4.79 Å². The van der Waals surface area contributed by atoms with Gasteiger partial charge in [-0.25, -0.2) is 4.79 Å². The molecule has 1 aromatic rings. The zero-order valence-electron chi connectivity index (χ0n) is 16.2. The molecule has 0 bridgehead atoms. The van der Waals surface area contributed by atoms with E-state index in [0.717, 1.165) is 36.3 Å². The zero-order chi connectivity index (χ0) is 18.8. The molecule has 3 amide bonds. The third-order valence-electron chi connectivity index (χ3n) is 5.28. The van der Waals surface area contributed by atoms with E-state index in [2.05, 4.69) is 0 Å². The lowest BCUT2D eigenvalue weighted by Crippen LogP contribution is -2.59. The summed E-state index contributed by atoms with van der Waals surface area (Å²) in [4.78, 5) is 30.1. The molecule has 26 heavy (non-hydrogen) atoms. The molecule has 2 fully saturated rings. The van der Waals surface area contributed by atoms with Gasteiger partial charge in [-0.3, -0.25) is 4.79 Å². The number of likely N-dealkylation sites (tertiary alicyclic amines) is 2. The van der Waals surface area contributed by atoms with Crippen LogP contribution in [0.2, 0.25) is 0 Å². The first-order valence-electron chi connectivity index (χ1n) is 9.34. The van der Waals surface area contributed by atoms with Crippen molar-refractivity contribution in [2.45, 2.75) is 32.8 Å². The fourth-order valence-electron chi connectivity index (χ4n) is 3.74. The molecule has 6 nitrogen and oxygen atoms in total. The summed E-state index contributed by atoms with van der Waals surface area (Å²) >= 11 is 0. The Kier molecular flexibility index (Phi) is 5.39. The van der Waals surface area contributed by atoms with Crippen molar-refractivity contribution in [3.8, 4) is 5.75 Å². The van der Waals surface area contributed by atoms with Crippen molar-refractivity contribution in [1.82, 2.24) is 14.7 Å². The maximum absolute atomic E-state index is 12.8. The number of hydrogen-bond donors (Lipinski definition) is 0. The van der Waals surface area contributed by atoms with Gasteiger partial charge >= 0.3 is 6.03 Å². The molecule has 0 aliphatic carbocycles. The highest BCUT2D eigenvalue weighted by atomic mass is 16.5. The number of hydrogen-bond acceptors (Lipinski definition) is 3. The van der Waals surface area contributed by atoms with Crippen LogP contribution in [0, 0.1) is 19.8 Å². The highest BCUT2D eigenvalue weighted by molar-refractivity contribution is 5.81. The second kappa shape index (κ2) is 7.56. The van der Waals surface area contributed by atoms with Crippen LogP contribution in [-0.4, -0.2) is 73.0 Å². The summed E-state index contributed by atoms with van der Waals surface area (Å²) in [6, 6.07) is 6.10. The molecule has 2 saturated heterocycles. The Morgan fingerprint density at radius 2 is 1.73 bits per heavy atom. The first-order chi connectivity index (χ1) is 12.4. The maximum Gasteiger partial charge on any atom is 0.319 e. The number of rotatable bonds is 3. The fourth-order valence-corrected chi connectivity index (χ4v) is 3.74. The number of aryl methyl sites for hydroxylation is 2. The predicted molar refractivity (Wildman–Crippen MR) is 100 cm³/mol. The Hall–Kier alpha value is -2.24. The molecule has 1 aromatic carbocycles. The van der Waals surface area contributed by atoms with E-state index in [1.165, 1.54) is 0 Å². The molecule has 3 rings (SSSR count). The van der Waals surface area contributed by atoms with Crippen molar-refractivity contribution in [1.29, 1.82) is 0 Å². The lowest BCUT2D eigenvalue weighted by molar-refractivity contribution is -0.146. The number of carbonyl (C=O) groups is 2. The molecule has 0 radical (unpaired) electrons. The fraction of sp³-hybridized carbons (Fsp3) is 0.600. The molecule has 6 heteroatoms. The van der Waals surface area contributed by atoms with Crippen molar-refractivity contribution in [2.24, 2.45) is 5.92 Å². The molecular formula is C20H29N3O3. The van der Waals surface area contributed by atoms with Crippen LogP contribution < -0.4 is 4.74 Å². The summed E-state index contributed by atoms with van der Waals surface area (Å²) in [7, 11) is 3.50. The molecule has 1 atom stereocenters. The summed E-state index contributed by atoms with van der Waals surface area (Å²) in [5.41, 5.74) is 2.25. The molecule has 0 saturated carbocycles. The normalized spacial score (nSPS) is 20.5. The van der Waals surface area contributed by atoms with Crippen molar-refractivity contribution in [3.63, 3.8) is 0 Å². The maximum atomic E-state index is 12.8. The van der Waals surface area contributed by atoms with Crippen molar-refractivity contribution in [3.05, 3.63) is 29.3 Å². The monoisotopic (exact) mass is 359 g/mol. The van der Waals surface area contributed by atoms with E-state index in [1.807, 2.05) is 36.9 Å². The van der Waals surface area contributed by atoms with Crippen LogP contribution in [0.5, 0.6) is 5.75 Å². The highest BCUT2D eigenvalue weighted by Crippen LogP contribution is 2.28. The van der Waals surface area contributed by atoms with Crippen molar-refractivity contribution >= 4 is 11.9 Å². The molecule has 2 heterocycles. The van der Waals surface area contributed by atoms with Gasteiger partial charge in [0.25, 0.3) is 0 Å². The van der Waals surface area contributed by atoms with E-state index >= 15 is 0 Å². The number of benzene rings is 1. The van der Waals surface area contributed by atoms with Gasteiger partial charge in [0.15, 0.2) is 0 Å². The average molecular weight is 359 g/mol. The third kappa shape index (κ3) is 3.79. The largest absolute Gasteiger partial charge is 0.486 e. The topological polar surface area (TPSA) is 53.1 Å². The molecule has 2 aliphatic heterocycles. The summed E-state index contributed by atoms with van der Waals surface area (Å²) in [6.45, 7) is 6.61. The summed E-state index contributed by atoms with van der Waals surface area (Å²) in [5.74, 6) is 1.00. The van der Waals surface area contributed by atoms with Gasteiger partial charge in [0.05, 0.1) is 19.0 Å². The van der Waals surface area contributed by atoms with Gasteiger partial charge in [-0.05, 0) is 37.8 Å². The van der Waals surface area contributed by atoms with Crippen molar-refractivity contribution in [2.75, 3.05) is 40.3 Å². The highest BCUT2D eigenvalue weighted by Gasteiger charge is 2.38. The number of para-hydroxylation sites is 1. The number of nitrogens with zero attached hydrogens (tertiary/aromatic N) is 3. The number of urea groups is 1. The third-order valence-corrected chi connectivity index (χ3v) is 5.28. The second-order valence-electron chi connectivity index (χ2n) is 7.67. The average Bonchev–Trinajstić information content (AvgIpc) is 2.58. The first kappa shape index (κ1) is 18.5. The number of amides is 3. The lowest BCUT2D eigenvalue weighted by atomic mass is 9.95. The van der Waals surface area contributed by atoms with Crippen LogP contribution in [-0.2, 0) is 4.79 Å². The molecule has 0 unspecified atom stereocenters. The minimum absolute atomic E-state index is 0.0117. The summed E-state index contributed by atoms with van der Waals surface area (Å²) in [5, 5.41) is 0. The quantitative estimate of drug-likeness (QED) is 0.832. The van der Waals surface area contributed by atoms with E-state index in [1.54, 1.807) is 23.9 Å². The standard InChI is InChI=1S/C20H29N3O3/c1-14-7-5-8-15(2)18(14)26-17-12-23(13-17)19(24)16-9-6-10-22(11-16)20(25)21(3)4/h5,7-8,16-17H,6,9-13H2,1-4H3/t16-/m1/s1. The van der Waals surface area contributed by atoms with Gasteiger partial charge < -0.3 is 19.4 Å². The van der Waals surface area contributed by atoms with Gasteiger partial charge in [-0.1, -0.05) is 18.2 Å². The van der Waals surface area contributed by atoms with Gasteiger partial charge in [0.1, 0.15) is 11.9 Å². The smallest absolute Gasteiger partial charge is 0.319 e. The van der Waals surface area contributed by atoms with Gasteiger partial charge in [0, 0.05) is 27.2 Å². The van der Waals surface area contributed by atoms with Gasteiger partial charge in [-0.2, -0.15) is 0 Å². The van der Waals surface area contributed by atoms with Crippen LogP contribution >= 0.6 is 0 Å². The Bertz CT molecular complexity index is 663. The minimum atomic E-state index is -0.0891. The number of carbonyl (C=O) groups excluding carboxylic acids is 2. The Balaban J connectivity index is 1.52.